The number of carboxylic acids is 1. The van der Waals surface area contributed by atoms with Gasteiger partial charge in [-0.05, 0) is 0 Å². The number of alkyl halides is 3. The first-order chi connectivity index (χ1) is 13.6. The number of hydrogen-bond acceptors (Lipinski definition) is 3. The molecular weight excluding hydrogens is 446 g/mol. The molecule has 0 aliphatic heterocycles. The average Bonchev–Trinajstić information content (AvgIpc) is 2.62. The normalized spacial score (nSPS) is 11.8. The van der Waals surface area contributed by atoms with Crippen LogP contribution in [0.5, 0.6) is 5.75 Å². The molecule has 149 valence electrons. The van der Waals surface area contributed by atoms with Crippen molar-refractivity contribution in [3.63, 3.8) is 0 Å². The van der Waals surface area contributed by atoms with Crippen LogP contribution in [0.25, 0.3) is 11.3 Å². The first-order valence-electron chi connectivity index (χ1n) is 8.51. The van der Waals surface area contributed by atoms with Crippen LogP contribution in [0.1, 0.15) is 21.5 Å². The minimum atomic E-state index is -4.76. The third kappa shape index (κ3) is 5.39. The fourth-order valence-corrected chi connectivity index (χ4v) is 5.09. The Hall–Kier alpha value is -2.79. The van der Waals surface area contributed by atoms with Crippen LogP contribution in [0.3, 0.4) is 0 Å². The number of aromatic nitrogens is 1. The van der Waals surface area contributed by atoms with Crippen LogP contribution in [-0.4, -0.2) is 38.2 Å². The van der Waals surface area contributed by atoms with Crippen LogP contribution in [0, 0.1) is 13.8 Å². The number of pyridine rings is 1. The average molecular weight is 462 g/mol. The molecule has 0 aliphatic carbocycles. The number of nitrogens with zero attached hydrogens (tertiary/aromatic N) is 1. The van der Waals surface area contributed by atoms with Gasteiger partial charge in [0, 0.05) is 0 Å². The van der Waals surface area contributed by atoms with Crippen LogP contribution < -0.4 is 13.4 Å². The molecule has 0 bridgehead atoms. The summed E-state index contributed by atoms with van der Waals surface area (Å²) in [6.45, 7) is 3.65. The van der Waals surface area contributed by atoms with E-state index in [1.165, 1.54) is 18.2 Å². The zero-order chi connectivity index (χ0) is 21.2. The molecule has 1 heterocycles. The zero-order valence-corrected chi connectivity index (χ0v) is 17.4. The van der Waals surface area contributed by atoms with Crippen molar-refractivity contribution in [2.75, 3.05) is 0 Å². The van der Waals surface area contributed by atoms with Gasteiger partial charge < -0.3 is 0 Å². The molecule has 0 saturated carbocycles. The third-order valence-corrected chi connectivity index (χ3v) is 6.42. The molecule has 0 saturated heterocycles. The van der Waals surface area contributed by atoms with E-state index in [1.54, 1.807) is 18.3 Å². The Morgan fingerprint density at radius 3 is 2.52 bits per heavy atom. The molecule has 8 heteroatoms. The predicted octanol–water partition coefficient (Wildman–Crippen LogP) is 3.62. The summed E-state index contributed by atoms with van der Waals surface area (Å²) in [5.41, 5.74) is 2.99. The van der Waals surface area contributed by atoms with Crippen LogP contribution in [0.4, 0.5) is 13.2 Å². The Balaban J connectivity index is 1.89. The maximum absolute atomic E-state index is 12.5. The van der Waals surface area contributed by atoms with E-state index in [2.05, 4.69) is 9.72 Å². The number of ether oxygens (including phenoxy) is 1. The standard InChI is InChI=1S/C21H16AsF3NO3/c1-12-6-7-18(17(8-12)20(27)28)22-15-9-13(2)19(26-11-15)14-4-3-5-16(10-14)29-21(23,24)25/h3-11H,1-2H3,(H,27,28). The number of rotatable bonds is 5. The molecule has 0 unspecified atom stereocenters. The van der Waals surface area contributed by atoms with E-state index in [9.17, 15) is 23.1 Å². The molecule has 2 aromatic carbocycles. The number of aryl methyl sites for hydroxylation is 2. The number of hydrogen-bond donors (Lipinski definition) is 1. The topological polar surface area (TPSA) is 59.4 Å². The quantitative estimate of drug-likeness (QED) is 0.589. The van der Waals surface area contributed by atoms with Gasteiger partial charge >= 0.3 is 172 Å². The zero-order valence-electron chi connectivity index (χ0n) is 15.5. The Labute approximate surface area is 172 Å². The Bertz CT molecular complexity index is 1070. The van der Waals surface area contributed by atoms with E-state index in [1.807, 2.05) is 32.0 Å². The summed E-state index contributed by atoms with van der Waals surface area (Å²) in [5, 5.41) is 9.43. The Morgan fingerprint density at radius 2 is 1.86 bits per heavy atom. The Morgan fingerprint density at radius 1 is 1.10 bits per heavy atom. The molecule has 29 heavy (non-hydrogen) atoms. The molecular formula is C21H16AsF3NO3. The second-order valence-corrected chi connectivity index (χ2v) is 8.94. The third-order valence-electron chi connectivity index (χ3n) is 4.04. The maximum atomic E-state index is 12.5. The van der Waals surface area contributed by atoms with Gasteiger partial charge in [-0.2, -0.15) is 0 Å². The first-order valence-corrected chi connectivity index (χ1v) is 10.4. The van der Waals surface area contributed by atoms with E-state index < -0.39 is 28.1 Å². The van der Waals surface area contributed by atoms with Gasteiger partial charge in [-0.25, -0.2) is 0 Å². The molecule has 1 aromatic heterocycles. The van der Waals surface area contributed by atoms with Gasteiger partial charge in [0.2, 0.25) is 0 Å². The van der Waals surface area contributed by atoms with Crippen molar-refractivity contribution in [3.05, 3.63) is 71.4 Å². The van der Waals surface area contributed by atoms with Crippen molar-refractivity contribution >= 4 is 30.4 Å². The fourth-order valence-electron chi connectivity index (χ4n) is 2.82. The SMILES string of the molecule is Cc1ccc([As]c2cnc(-c3cccc(OC(F)(F)F)c3)c(C)c2)c(C(=O)O)c1. The molecule has 0 amide bonds. The molecule has 0 spiro atoms. The minimum absolute atomic E-state index is 0.281. The van der Waals surface area contributed by atoms with Gasteiger partial charge in [0.25, 0.3) is 0 Å². The number of carboxylic acid groups (broad SMARTS) is 1. The van der Waals surface area contributed by atoms with Gasteiger partial charge in [0.1, 0.15) is 0 Å². The van der Waals surface area contributed by atoms with Crippen LogP contribution in [0.15, 0.2) is 54.7 Å². The van der Waals surface area contributed by atoms with Gasteiger partial charge in [-0.15, -0.1) is 0 Å². The summed E-state index contributed by atoms with van der Waals surface area (Å²) in [5.74, 6) is -1.28. The molecule has 1 radical (unpaired) electrons. The number of benzene rings is 2. The van der Waals surface area contributed by atoms with Crippen molar-refractivity contribution in [2.45, 2.75) is 20.2 Å². The van der Waals surface area contributed by atoms with Crippen LogP contribution >= 0.6 is 0 Å². The molecule has 0 fully saturated rings. The fraction of sp³-hybridized carbons (Fsp3) is 0.143. The molecule has 4 nitrogen and oxygen atoms in total. The van der Waals surface area contributed by atoms with Crippen LogP contribution in [-0.2, 0) is 0 Å². The van der Waals surface area contributed by atoms with Crippen molar-refractivity contribution in [1.29, 1.82) is 0 Å². The summed E-state index contributed by atoms with van der Waals surface area (Å²) in [6, 6.07) is 12.9. The molecule has 1 N–H and O–H groups in total. The summed E-state index contributed by atoms with van der Waals surface area (Å²) in [4.78, 5) is 15.9. The van der Waals surface area contributed by atoms with E-state index in [0.29, 0.717) is 11.3 Å². The molecule has 3 aromatic rings. The van der Waals surface area contributed by atoms with E-state index >= 15 is 0 Å². The van der Waals surface area contributed by atoms with E-state index in [-0.39, 0.29) is 11.3 Å². The number of halogens is 3. The molecule has 3 rings (SSSR count). The summed E-state index contributed by atoms with van der Waals surface area (Å²) >= 11 is -0.609. The number of carbonyl (C=O) groups is 1. The summed E-state index contributed by atoms with van der Waals surface area (Å²) in [7, 11) is 0. The summed E-state index contributed by atoms with van der Waals surface area (Å²) in [6.07, 6.45) is -3.12. The van der Waals surface area contributed by atoms with E-state index in [0.717, 1.165) is 19.8 Å². The Kier molecular flexibility index (Phi) is 5.98. The second-order valence-electron chi connectivity index (χ2n) is 6.37. The molecule has 0 aliphatic rings. The van der Waals surface area contributed by atoms with Crippen molar-refractivity contribution in [2.24, 2.45) is 0 Å². The van der Waals surface area contributed by atoms with Crippen molar-refractivity contribution < 1.29 is 27.8 Å². The van der Waals surface area contributed by atoms with Gasteiger partial charge in [-0.3, -0.25) is 0 Å². The van der Waals surface area contributed by atoms with Crippen LogP contribution in [0.2, 0.25) is 0 Å². The second kappa shape index (κ2) is 8.29. The van der Waals surface area contributed by atoms with Gasteiger partial charge in [0.15, 0.2) is 0 Å². The van der Waals surface area contributed by atoms with Gasteiger partial charge in [0.05, 0.1) is 0 Å². The van der Waals surface area contributed by atoms with Crippen molar-refractivity contribution in [3.8, 4) is 17.0 Å². The number of aromatic carboxylic acids is 1. The van der Waals surface area contributed by atoms with Crippen molar-refractivity contribution in [1.82, 2.24) is 4.98 Å². The monoisotopic (exact) mass is 462 g/mol. The molecule has 0 atom stereocenters. The predicted molar refractivity (Wildman–Crippen MR) is 104 cm³/mol. The first kappa shape index (κ1) is 20.9. The summed E-state index contributed by atoms with van der Waals surface area (Å²) < 4.78 is 43.0. The van der Waals surface area contributed by atoms with Gasteiger partial charge in [-0.1, -0.05) is 0 Å². The van der Waals surface area contributed by atoms with E-state index in [4.69, 9.17) is 0 Å².